The molecule has 0 aliphatic rings. The van der Waals surface area contributed by atoms with Crippen molar-refractivity contribution < 1.29 is 18.3 Å². The van der Waals surface area contributed by atoms with Crippen LogP contribution in [0.2, 0.25) is 0 Å². The predicted octanol–water partition coefficient (Wildman–Crippen LogP) is 4.14. The molecule has 0 aliphatic heterocycles. The van der Waals surface area contributed by atoms with Gasteiger partial charge in [-0.3, -0.25) is 4.57 Å². The summed E-state index contributed by atoms with van der Waals surface area (Å²) in [6.07, 6.45) is 0.977. The lowest BCUT2D eigenvalue weighted by Crippen LogP contribution is -2.27. The fraction of sp³-hybridized carbons (Fsp3) is 0.818. The van der Waals surface area contributed by atoms with Crippen LogP contribution in [-0.2, 0) is 18.3 Å². The lowest BCUT2D eigenvalue weighted by Gasteiger charge is -2.33. The molecular weight excluding hydrogens is 263 g/mol. The summed E-state index contributed by atoms with van der Waals surface area (Å²) >= 11 is 6.13. The second-order valence-electron chi connectivity index (χ2n) is 4.28. The average Bonchev–Trinajstić information content (AvgIpc) is 2.11. The van der Waals surface area contributed by atoms with E-state index in [1.807, 2.05) is 0 Å². The van der Waals surface area contributed by atoms with Crippen molar-refractivity contribution in [2.45, 2.75) is 51.6 Å². The molecule has 0 fully saturated rings. The molecule has 0 bridgehead atoms. The van der Waals surface area contributed by atoms with Gasteiger partial charge in [0.05, 0.1) is 18.8 Å². The van der Waals surface area contributed by atoms with Gasteiger partial charge in [-0.15, -0.1) is 6.58 Å². The molecule has 102 valence electrons. The standard InChI is InChI=1S/C11H22ClO4P/c1-7-8-14-11(6,12)17(13,15-9(2)3)16-10(4)5/h7,9-10H,1,8H2,2-6H3/t11-/m1/s1. The van der Waals surface area contributed by atoms with Gasteiger partial charge in [0.25, 0.3) is 0 Å². The molecule has 0 radical (unpaired) electrons. The predicted molar refractivity (Wildman–Crippen MR) is 70.5 cm³/mol. The van der Waals surface area contributed by atoms with Crippen molar-refractivity contribution >= 4 is 19.2 Å². The minimum absolute atomic E-state index is 0.174. The number of hydrogen-bond acceptors (Lipinski definition) is 4. The van der Waals surface area contributed by atoms with Crippen LogP contribution in [0.1, 0.15) is 34.6 Å². The fourth-order valence-electron chi connectivity index (χ4n) is 1.06. The molecule has 0 rings (SSSR count). The minimum Gasteiger partial charge on any atom is -0.345 e. The summed E-state index contributed by atoms with van der Waals surface area (Å²) in [4.78, 5) is -1.52. The molecule has 0 N–H and O–H groups in total. The fourth-order valence-corrected chi connectivity index (χ4v) is 3.13. The van der Waals surface area contributed by atoms with Crippen LogP contribution in [0.25, 0.3) is 0 Å². The maximum Gasteiger partial charge on any atom is 0.377 e. The van der Waals surface area contributed by atoms with E-state index >= 15 is 0 Å². The highest BCUT2D eigenvalue weighted by Crippen LogP contribution is 2.63. The topological polar surface area (TPSA) is 44.8 Å². The van der Waals surface area contributed by atoms with E-state index in [0.717, 1.165) is 0 Å². The Morgan fingerprint density at radius 2 is 1.71 bits per heavy atom. The van der Waals surface area contributed by atoms with Gasteiger partial charge in [-0.1, -0.05) is 17.7 Å². The van der Waals surface area contributed by atoms with Gasteiger partial charge < -0.3 is 13.8 Å². The summed E-state index contributed by atoms with van der Waals surface area (Å²) in [7, 11) is -3.57. The van der Waals surface area contributed by atoms with Gasteiger partial charge in [0.15, 0.2) is 0 Å². The zero-order valence-corrected chi connectivity index (χ0v) is 12.8. The van der Waals surface area contributed by atoms with Crippen molar-refractivity contribution in [3.05, 3.63) is 12.7 Å². The first-order valence-electron chi connectivity index (χ1n) is 5.55. The molecule has 0 aromatic carbocycles. The number of hydrogen-bond donors (Lipinski definition) is 0. The molecule has 0 unspecified atom stereocenters. The maximum absolute atomic E-state index is 12.6. The second-order valence-corrected chi connectivity index (χ2v) is 7.53. The van der Waals surface area contributed by atoms with Crippen molar-refractivity contribution in [2.24, 2.45) is 0 Å². The highest BCUT2D eigenvalue weighted by Gasteiger charge is 2.48. The first-order chi connectivity index (χ1) is 7.64. The Labute approximate surface area is 109 Å². The Kier molecular flexibility index (Phi) is 6.97. The van der Waals surface area contributed by atoms with Gasteiger partial charge in [-0.2, -0.15) is 0 Å². The van der Waals surface area contributed by atoms with E-state index in [9.17, 15) is 4.57 Å². The van der Waals surface area contributed by atoms with Crippen molar-refractivity contribution in [1.82, 2.24) is 0 Å². The molecule has 0 aromatic heterocycles. The first kappa shape index (κ1) is 17.1. The number of rotatable bonds is 8. The third-order valence-corrected chi connectivity index (χ3v) is 4.89. The van der Waals surface area contributed by atoms with Gasteiger partial charge in [0.2, 0.25) is 4.80 Å². The normalized spacial score (nSPS) is 16.2. The van der Waals surface area contributed by atoms with Gasteiger partial charge in [-0.25, -0.2) is 0 Å². The Morgan fingerprint density at radius 3 is 2.00 bits per heavy atom. The third-order valence-electron chi connectivity index (χ3n) is 1.65. The third kappa shape index (κ3) is 5.54. The van der Waals surface area contributed by atoms with Crippen LogP contribution >= 0.6 is 19.2 Å². The van der Waals surface area contributed by atoms with Crippen LogP contribution in [0.15, 0.2) is 12.7 Å². The van der Waals surface area contributed by atoms with Crippen LogP contribution in [0, 0.1) is 0 Å². The van der Waals surface area contributed by atoms with E-state index < -0.39 is 12.4 Å². The molecule has 17 heavy (non-hydrogen) atoms. The molecule has 1 atom stereocenters. The Bertz CT molecular complexity index is 275. The zero-order chi connectivity index (χ0) is 13.7. The van der Waals surface area contributed by atoms with Crippen LogP contribution in [0.4, 0.5) is 0 Å². The highest BCUT2D eigenvalue weighted by molar-refractivity contribution is 7.57. The quantitative estimate of drug-likeness (QED) is 0.382. The van der Waals surface area contributed by atoms with Gasteiger partial charge in [0.1, 0.15) is 0 Å². The summed E-state index contributed by atoms with van der Waals surface area (Å²) in [5, 5.41) is 0. The van der Waals surface area contributed by atoms with Crippen LogP contribution in [0.5, 0.6) is 0 Å². The molecule has 0 aromatic rings. The molecule has 4 nitrogen and oxygen atoms in total. The van der Waals surface area contributed by atoms with Crippen LogP contribution in [-0.4, -0.2) is 23.6 Å². The van der Waals surface area contributed by atoms with Crippen LogP contribution < -0.4 is 0 Å². The SMILES string of the molecule is C=CCO[C@@](C)(Cl)P(=O)(OC(C)C)OC(C)C. The monoisotopic (exact) mass is 284 g/mol. The lowest BCUT2D eigenvalue weighted by molar-refractivity contribution is 0.0513. The Balaban J connectivity index is 5.00. The molecular formula is C11H22ClO4P. The van der Waals surface area contributed by atoms with Crippen molar-refractivity contribution in [2.75, 3.05) is 6.61 Å². The van der Waals surface area contributed by atoms with Crippen molar-refractivity contribution in [1.29, 1.82) is 0 Å². The van der Waals surface area contributed by atoms with Crippen molar-refractivity contribution in [3.63, 3.8) is 0 Å². The van der Waals surface area contributed by atoms with Gasteiger partial charge in [0, 0.05) is 0 Å². The first-order valence-corrected chi connectivity index (χ1v) is 7.47. The van der Waals surface area contributed by atoms with Gasteiger partial charge >= 0.3 is 7.60 Å². The van der Waals surface area contributed by atoms with Crippen molar-refractivity contribution in [3.8, 4) is 0 Å². The van der Waals surface area contributed by atoms with E-state index in [0.29, 0.717) is 0 Å². The van der Waals surface area contributed by atoms with E-state index in [4.69, 9.17) is 25.4 Å². The van der Waals surface area contributed by atoms with E-state index in [-0.39, 0.29) is 18.8 Å². The largest absolute Gasteiger partial charge is 0.377 e. The molecule has 0 spiro atoms. The smallest absolute Gasteiger partial charge is 0.345 e. The molecule has 0 heterocycles. The lowest BCUT2D eigenvalue weighted by atomic mass is 10.5. The number of halogens is 1. The second kappa shape index (κ2) is 6.91. The molecule has 0 saturated carbocycles. The summed E-state index contributed by atoms with van der Waals surface area (Å²) in [6, 6.07) is 0. The molecule has 0 saturated heterocycles. The maximum atomic E-state index is 12.6. The van der Waals surface area contributed by atoms with E-state index in [2.05, 4.69) is 6.58 Å². The Morgan fingerprint density at radius 1 is 1.29 bits per heavy atom. The summed E-state index contributed by atoms with van der Waals surface area (Å²) in [5.74, 6) is 0. The average molecular weight is 285 g/mol. The summed E-state index contributed by atoms with van der Waals surface area (Å²) < 4.78 is 28.6. The number of alkyl halides is 1. The van der Waals surface area contributed by atoms with E-state index in [1.165, 1.54) is 13.0 Å². The number of ether oxygens (including phenoxy) is 1. The van der Waals surface area contributed by atoms with E-state index in [1.54, 1.807) is 27.7 Å². The Hall–Kier alpha value is 0.140. The zero-order valence-electron chi connectivity index (χ0n) is 11.1. The minimum atomic E-state index is -3.57. The molecule has 0 aliphatic carbocycles. The summed E-state index contributed by atoms with van der Waals surface area (Å²) in [6.45, 7) is 12.2. The van der Waals surface area contributed by atoms with Gasteiger partial charge in [-0.05, 0) is 34.6 Å². The molecule has 0 amide bonds. The summed E-state index contributed by atoms with van der Waals surface area (Å²) in [5.41, 5.74) is 0. The van der Waals surface area contributed by atoms with Crippen LogP contribution in [0.3, 0.4) is 0 Å². The highest BCUT2D eigenvalue weighted by atomic mass is 35.5. The molecule has 6 heteroatoms.